The molecule has 0 aliphatic carbocycles. The van der Waals surface area contributed by atoms with Gasteiger partial charge >= 0.3 is 0 Å². The maximum absolute atomic E-state index is 5.84. The Morgan fingerprint density at radius 1 is 1.43 bits per heavy atom. The molecular formula is C8H6BrN3S2. The molecule has 0 amide bonds. The number of nitrogens with zero attached hydrogens (tertiary/aromatic N) is 2. The predicted octanol–water partition coefficient (Wildman–Crippen LogP) is 3.03. The van der Waals surface area contributed by atoms with Crippen LogP contribution in [-0.2, 0) is 0 Å². The Balaban J connectivity index is 2.25. The Morgan fingerprint density at radius 2 is 2.29 bits per heavy atom. The van der Waals surface area contributed by atoms with E-state index in [9.17, 15) is 0 Å². The lowest BCUT2D eigenvalue weighted by molar-refractivity contribution is 1.21. The molecule has 0 aliphatic rings. The van der Waals surface area contributed by atoms with Crippen LogP contribution >= 0.6 is 39.2 Å². The normalized spacial score (nSPS) is 10.4. The zero-order valence-electron chi connectivity index (χ0n) is 6.98. The average Bonchev–Trinajstić information content (AvgIpc) is 2.62. The van der Waals surface area contributed by atoms with E-state index in [2.05, 4.69) is 25.3 Å². The lowest BCUT2D eigenvalue weighted by atomic mass is 10.3. The number of anilines is 1. The summed E-state index contributed by atoms with van der Waals surface area (Å²) in [5.41, 5.74) is 6.59. The van der Waals surface area contributed by atoms with Crippen molar-refractivity contribution in [1.29, 1.82) is 0 Å². The molecule has 2 rings (SSSR count). The van der Waals surface area contributed by atoms with Gasteiger partial charge in [0.1, 0.15) is 6.33 Å². The van der Waals surface area contributed by atoms with E-state index in [1.165, 1.54) is 23.3 Å². The molecule has 0 saturated carbocycles. The Hall–Kier alpha value is -0.590. The summed E-state index contributed by atoms with van der Waals surface area (Å²) in [6.07, 6.45) is 1.54. The van der Waals surface area contributed by atoms with Gasteiger partial charge in [-0.3, -0.25) is 0 Å². The van der Waals surface area contributed by atoms with Crippen LogP contribution in [0.5, 0.6) is 0 Å². The van der Waals surface area contributed by atoms with Gasteiger partial charge in [0.15, 0.2) is 4.34 Å². The first-order valence-corrected chi connectivity index (χ1v) is 6.13. The van der Waals surface area contributed by atoms with Crippen molar-refractivity contribution in [2.75, 3.05) is 5.73 Å². The summed E-state index contributed by atoms with van der Waals surface area (Å²) < 4.78 is 5.81. The molecular weight excluding hydrogens is 282 g/mol. The van der Waals surface area contributed by atoms with Crippen LogP contribution in [0, 0.1) is 0 Å². The second-order valence-electron chi connectivity index (χ2n) is 2.49. The van der Waals surface area contributed by atoms with Crippen LogP contribution in [0.1, 0.15) is 0 Å². The van der Waals surface area contributed by atoms with Crippen LogP contribution in [0.2, 0.25) is 0 Å². The van der Waals surface area contributed by atoms with Gasteiger partial charge in [0.25, 0.3) is 0 Å². The van der Waals surface area contributed by atoms with E-state index in [-0.39, 0.29) is 0 Å². The Morgan fingerprint density at radius 3 is 2.93 bits per heavy atom. The van der Waals surface area contributed by atoms with E-state index in [1.54, 1.807) is 6.33 Å². The molecule has 2 aromatic rings. The van der Waals surface area contributed by atoms with E-state index in [4.69, 9.17) is 5.73 Å². The Kier molecular flexibility index (Phi) is 3.05. The third kappa shape index (κ3) is 2.26. The van der Waals surface area contributed by atoms with Crippen molar-refractivity contribution in [2.24, 2.45) is 0 Å². The summed E-state index contributed by atoms with van der Waals surface area (Å²) in [5.74, 6) is 0. The second-order valence-corrected chi connectivity index (χ2v) is 5.48. The van der Waals surface area contributed by atoms with Crippen LogP contribution in [0.4, 0.5) is 5.69 Å². The number of benzene rings is 1. The van der Waals surface area contributed by atoms with Crippen molar-refractivity contribution in [3.05, 3.63) is 29.0 Å². The van der Waals surface area contributed by atoms with Gasteiger partial charge in [-0.1, -0.05) is 27.7 Å². The average molecular weight is 288 g/mol. The molecule has 0 aliphatic heterocycles. The number of nitrogen functional groups attached to an aromatic ring is 1. The molecule has 0 unspecified atom stereocenters. The van der Waals surface area contributed by atoms with Crippen LogP contribution in [0.15, 0.2) is 38.2 Å². The van der Waals surface area contributed by atoms with Crippen molar-refractivity contribution in [1.82, 2.24) is 9.36 Å². The standard InChI is InChI=1S/C8H6BrN3S2/c9-5-1-2-7(6(10)3-5)13-8-11-4-12-14-8/h1-4H,10H2. The van der Waals surface area contributed by atoms with Crippen molar-refractivity contribution >= 4 is 44.9 Å². The highest BCUT2D eigenvalue weighted by Gasteiger charge is 2.04. The molecule has 2 N–H and O–H groups in total. The van der Waals surface area contributed by atoms with Crippen LogP contribution in [0.3, 0.4) is 0 Å². The quantitative estimate of drug-likeness (QED) is 0.863. The zero-order chi connectivity index (χ0) is 9.97. The lowest BCUT2D eigenvalue weighted by Gasteiger charge is -2.02. The van der Waals surface area contributed by atoms with Gasteiger partial charge < -0.3 is 5.73 Å². The minimum absolute atomic E-state index is 0.750. The number of hydrogen-bond acceptors (Lipinski definition) is 5. The molecule has 0 atom stereocenters. The Bertz CT molecular complexity index is 430. The third-order valence-electron chi connectivity index (χ3n) is 1.51. The lowest BCUT2D eigenvalue weighted by Crippen LogP contribution is -1.87. The molecule has 6 heteroatoms. The fourth-order valence-electron chi connectivity index (χ4n) is 0.914. The monoisotopic (exact) mass is 287 g/mol. The minimum atomic E-state index is 0.750. The topological polar surface area (TPSA) is 51.8 Å². The number of rotatable bonds is 2. The highest BCUT2D eigenvalue weighted by Crippen LogP contribution is 2.33. The largest absolute Gasteiger partial charge is 0.398 e. The number of aromatic nitrogens is 2. The van der Waals surface area contributed by atoms with E-state index >= 15 is 0 Å². The third-order valence-corrected chi connectivity index (χ3v) is 3.81. The fraction of sp³-hybridized carbons (Fsp3) is 0. The summed E-state index contributed by atoms with van der Waals surface area (Å²) in [7, 11) is 0. The number of nitrogens with two attached hydrogens (primary N) is 1. The van der Waals surface area contributed by atoms with Crippen molar-refractivity contribution in [3.63, 3.8) is 0 Å². The van der Waals surface area contributed by atoms with E-state index in [1.807, 2.05) is 18.2 Å². The molecule has 1 heterocycles. The van der Waals surface area contributed by atoms with Gasteiger partial charge in [-0.25, -0.2) is 4.98 Å². The first-order valence-electron chi connectivity index (χ1n) is 3.75. The van der Waals surface area contributed by atoms with E-state index < -0.39 is 0 Å². The first kappa shape index (κ1) is 9.95. The van der Waals surface area contributed by atoms with Crippen LogP contribution in [-0.4, -0.2) is 9.36 Å². The molecule has 14 heavy (non-hydrogen) atoms. The van der Waals surface area contributed by atoms with Gasteiger partial charge in [-0.2, -0.15) is 4.37 Å². The second kappa shape index (κ2) is 4.29. The predicted molar refractivity (Wildman–Crippen MR) is 62.6 cm³/mol. The molecule has 72 valence electrons. The highest BCUT2D eigenvalue weighted by molar-refractivity contribution is 9.10. The van der Waals surface area contributed by atoms with Gasteiger partial charge in [-0.15, -0.1) is 0 Å². The van der Waals surface area contributed by atoms with Crippen molar-refractivity contribution in [2.45, 2.75) is 9.24 Å². The fourth-order valence-corrected chi connectivity index (χ4v) is 2.72. The molecule has 3 nitrogen and oxygen atoms in total. The number of hydrogen-bond donors (Lipinski definition) is 1. The molecule has 0 fully saturated rings. The van der Waals surface area contributed by atoms with Gasteiger partial charge in [-0.05, 0) is 29.7 Å². The number of halogens is 1. The molecule has 0 bridgehead atoms. The van der Waals surface area contributed by atoms with Gasteiger partial charge in [0.05, 0.1) is 0 Å². The summed E-state index contributed by atoms with van der Waals surface area (Å²) in [6.45, 7) is 0. The summed E-state index contributed by atoms with van der Waals surface area (Å²) in [5, 5.41) is 0. The van der Waals surface area contributed by atoms with Gasteiger partial charge in [0.2, 0.25) is 0 Å². The van der Waals surface area contributed by atoms with E-state index in [0.717, 1.165) is 19.4 Å². The summed E-state index contributed by atoms with van der Waals surface area (Å²) >= 11 is 6.25. The van der Waals surface area contributed by atoms with Crippen LogP contribution < -0.4 is 5.73 Å². The molecule has 0 radical (unpaired) electrons. The highest BCUT2D eigenvalue weighted by atomic mass is 79.9. The van der Waals surface area contributed by atoms with Crippen LogP contribution in [0.25, 0.3) is 0 Å². The molecule has 0 spiro atoms. The molecule has 1 aromatic heterocycles. The maximum atomic E-state index is 5.84. The first-order chi connectivity index (χ1) is 6.75. The molecule has 1 aromatic carbocycles. The van der Waals surface area contributed by atoms with Crippen molar-refractivity contribution in [3.8, 4) is 0 Å². The minimum Gasteiger partial charge on any atom is -0.398 e. The smallest absolute Gasteiger partial charge is 0.174 e. The van der Waals surface area contributed by atoms with Crippen molar-refractivity contribution < 1.29 is 0 Å². The SMILES string of the molecule is Nc1cc(Br)ccc1Sc1ncns1. The summed E-state index contributed by atoms with van der Waals surface area (Å²) in [6, 6.07) is 5.80. The van der Waals surface area contributed by atoms with Gasteiger partial charge in [0, 0.05) is 15.1 Å². The van der Waals surface area contributed by atoms with E-state index in [0.29, 0.717) is 0 Å². The maximum Gasteiger partial charge on any atom is 0.174 e. The zero-order valence-corrected chi connectivity index (χ0v) is 10.2. The Labute approximate surface area is 98.0 Å². The summed E-state index contributed by atoms with van der Waals surface area (Å²) in [4.78, 5) is 5.08. The molecule has 0 saturated heterocycles.